The van der Waals surface area contributed by atoms with E-state index in [0.29, 0.717) is 19.5 Å². The minimum atomic E-state index is -0.456. The van der Waals surface area contributed by atoms with Gasteiger partial charge in [0.05, 0.1) is 24.5 Å². The Labute approximate surface area is 165 Å². The third-order valence-corrected chi connectivity index (χ3v) is 4.57. The van der Waals surface area contributed by atoms with Crippen LogP contribution >= 0.6 is 0 Å². The number of carbonyl (C=O) groups is 2. The molecule has 1 aliphatic heterocycles. The van der Waals surface area contributed by atoms with Gasteiger partial charge in [-0.1, -0.05) is 17.7 Å². The number of rotatable bonds is 3. The molecule has 0 saturated carbocycles. The molecule has 2 heterocycles. The average molecular weight is 384 g/mol. The van der Waals surface area contributed by atoms with Crippen LogP contribution < -0.4 is 5.32 Å². The monoisotopic (exact) mass is 384 g/mol. The SMILES string of the molecule is CCOC(=O)c1nn(-c2ccc(C)cc2)c2c1CN(C(=O)NC(C)(C)C)CC2. The first-order valence-electron chi connectivity index (χ1n) is 9.61. The minimum Gasteiger partial charge on any atom is -0.461 e. The molecule has 0 saturated heterocycles. The van der Waals surface area contributed by atoms with Gasteiger partial charge in [0.1, 0.15) is 0 Å². The van der Waals surface area contributed by atoms with Crippen LogP contribution in [0.25, 0.3) is 5.69 Å². The summed E-state index contributed by atoms with van der Waals surface area (Å²) in [5.74, 6) is -0.456. The molecule has 0 atom stereocenters. The molecule has 150 valence electrons. The lowest BCUT2D eigenvalue weighted by Crippen LogP contribution is -2.49. The molecule has 3 rings (SSSR count). The van der Waals surface area contributed by atoms with Crippen molar-refractivity contribution in [2.45, 2.75) is 53.1 Å². The molecule has 28 heavy (non-hydrogen) atoms. The number of nitrogens with one attached hydrogen (secondary N) is 1. The number of amides is 2. The number of hydrogen-bond acceptors (Lipinski definition) is 4. The number of aromatic nitrogens is 2. The summed E-state index contributed by atoms with van der Waals surface area (Å²) in [6, 6.07) is 7.85. The van der Waals surface area contributed by atoms with E-state index in [2.05, 4.69) is 10.4 Å². The molecule has 2 aromatic rings. The molecule has 1 aromatic carbocycles. The summed E-state index contributed by atoms with van der Waals surface area (Å²) < 4.78 is 7.01. The van der Waals surface area contributed by atoms with Crippen molar-refractivity contribution >= 4 is 12.0 Å². The molecule has 0 unspecified atom stereocenters. The van der Waals surface area contributed by atoms with Crippen molar-refractivity contribution in [2.75, 3.05) is 13.2 Å². The highest BCUT2D eigenvalue weighted by Gasteiger charge is 2.32. The lowest BCUT2D eigenvalue weighted by Gasteiger charge is -2.31. The number of carbonyl (C=O) groups excluding carboxylic acids is 2. The number of benzene rings is 1. The van der Waals surface area contributed by atoms with Crippen LogP contribution in [0.4, 0.5) is 4.79 Å². The van der Waals surface area contributed by atoms with Crippen molar-refractivity contribution in [3.63, 3.8) is 0 Å². The van der Waals surface area contributed by atoms with Gasteiger partial charge in [0.15, 0.2) is 5.69 Å². The van der Waals surface area contributed by atoms with E-state index in [1.165, 1.54) is 0 Å². The van der Waals surface area contributed by atoms with Gasteiger partial charge >= 0.3 is 12.0 Å². The molecule has 1 N–H and O–H groups in total. The largest absolute Gasteiger partial charge is 0.461 e. The highest BCUT2D eigenvalue weighted by atomic mass is 16.5. The molecular weight excluding hydrogens is 356 g/mol. The van der Waals surface area contributed by atoms with Gasteiger partial charge < -0.3 is 15.0 Å². The van der Waals surface area contributed by atoms with Crippen molar-refractivity contribution in [3.05, 3.63) is 46.8 Å². The Kier molecular flexibility index (Phi) is 5.45. The fraction of sp³-hybridized carbons (Fsp3) is 0.476. The standard InChI is InChI=1S/C21H28N4O3/c1-6-28-19(26)18-16-13-24(20(27)22-21(3,4)5)12-11-17(16)25(23-18)15-9-7-14(2)8-10-15/h7-10H,6,11-13H2,1-5H3,(H,22,27). The third kappa shape index (κ3) is 4.18. The van der Waals surface area contributed by atoms with E-state index in [4.69, 9.17) is 4.74 Å². The van der Waals surface area contributed by atoms with E-state index in [1.807, 2.05) is 52.0 Å². The molecule has 0 aliphatic carbocycles. The minimum absolute atomic E-state index is 0.143. The molecule has 0 bridgehead atoms. The molecule has 0 fully saturated rings. The van der Waals surface area contributed by atoms with E-state index in [-0.39, 0.29) is 23.9 Å². The smallest absolute Gasteiger partial charge is 0.359 e. The van der Waals surface area contributed by atoms with Gasteiger partial charge in [0.2, 0.25) is 0 Å². The van der Waals surface area contributed by atoms with Crippen molar-refractivity contribution in [1.29, 1.82) is 0 Å². The normalized spacial score (nSPS) is 13.8. The first kappa shape index (κ1) is 19.9. The number of hydrogen-bond donors (Lipinski definition) is 1. The zero-order valence-electron chi connectivity index (χ0n) is 17.2. The maximum absolute atomic E-state index is 12.6. The number of ether oxygens (including phenoxy) is 1. The Morgan fingerprint density at radius 2 is 1.89 bits per heavy atom. The van der Waals surface area contributed by atoms with Gasteiger partial charge in [-0.15, -0.1) is 0 Å². The van der Waals surface area contributed by atoms with Crippen LogP contribution in [-0.4, -0.2) is 45.4 Å². The zero-order chi connectivity index (χ0) is 20.5. The number of nitrogens with zero attached hydrogens (tertiary/aromatic N) is 3. The van der Waals surface area contributed by atoms with E-state index < -0.39 is 5.97 Å². The van der Waals surface area contributed by atoms with Crippen LogP contribution in [0.15, 0.2) is 24.3 Å². The summed E-state index contributed by atoms with van der Waals surface area (Å²) in [4.78, 5) is 26.8. The molecular formula is C21H28N4O3. The number of urea groups is 1. The summed E-state index contributed by atoms with van der Waals surface area (Å²) in [5.41, 5.74) is 3.71. The molecule has 0 radical (unpaired) electrons. The van der Waals surface area contributed by atoms with Gasteiger partial charge in [0.25, 0.3) is 0 Å². The Morgan fingerprint density at radius 1 is 1.21 bits per heavy atom. The fourth-order valence-corrected chi connectivity index (χ4v) is 3.26. The molecule has 1 aliphatic rings. The summed E-state index contributed by atoms with van der Waals surface area (Å²) in [6.45, 7) is 10.8. The number of esters is 1. The van der Waals surface area contributed by atoms with Crippen LogP contribution in [0.3, 0.4) is 0 Å². The molecule has 2 amide bonds. The fourth-order valence-electron chi connectivity index (χ4n) is 3.26. The van der Waals surface area contributed by atoms with E-state index >= 15 is 0 Å². The Balaban J connectivity index is 1.98. The second-order valence-electron chi connectivity index (χ2n) is 8.09. The first-order chi connectivity index (χ1) is 13.2. The molecule has 0 spiro atoms. The van der Waals surface area contributed by atoms with Gasteiger partial charge in [-0.05, 0) is 46.8 Å². The van der Waals surface area contributed by atoms with Gasteiger partial charge in [-0.25, -0.2) is 14.3 Å². The summed E-state index contributed by atoms with van der Waals surface area (Å²) in [6.07, 6.45) is 0.618. The Bertz CT molecular complexity index is 878. The lowest BCUT2D eigenvalue weighted by atomic mass is 10.0. The van der Waals surface area contributed by atoms with Crippen molar-refractivity contribution in [3.8, 4) is 5.69 Å². The van der Waals surface area contributed by atoms with Crippen LogP contribution in [0, 0.1) is 6.92 Å². The summed E-state index contributed by atoms with van der Waals surface area (Å²) in [5, 5.41) is 7.54. The number of fused-ring (bicyclic) bond motifs is 1. The van der Waals surface area contributed by atoms with Crippen LogP contribution in [0.2, 0.25) is 0 Å². The summed E-state index contributed by atoms with van der Waals surface area (Å²) in [7, 11) is 0. The topological polar surface area (TPSA) is 76.5 Å². The van der Waals surface area contributed by atoms with Crippen molar-refractivity contribution in [1.82, 2.24) is 20.0 Å². The van der Waals surface area contributed by atoms with Gasteiger partial charge in [-0.2, -0.15) is 5.10 Å². The maximum atomic E-state index is 12.6. The quantitative estimate of drug-likeness (QED) is 0.825. The predicted molar refractivity (Wildman–Crippen MR) is 107 cm³/mol. The zero-order valence-corrected chi connectivity index (χ0v) is 17.2. The maximum Gasteiger partial charge on any atom is 0.359 e. The Morgan fingerprint density at radius 3 is 2.50 bits per heavy atom. The molecule has 7 nitrogen and oxygen atoms in total. The lowest BCUT2D eigenvalue weighted by molar-refractivity contribution is 0.0516. The molecule has 1 aromatic heterocycles. The van der Waals surface area contributed by atoms with Crippen molar-refractivity contribution in [2.24, 2.45) is 0 Å². The number of aryl methyl sites for hydroxylation is 1. The average Bonchev–Trinajstić information content (AvgIpc) is 3.00. The second-order valence-corrected chi connectivity index (χ2v) is 8.09. The third-order valence-electron chi connectivity index (χ3n) is 4.57. The van der Waals surface area contributed by atoms with E-state index in [9.17, 15) is 9.59 Å². The highest BCUT2D eigenvalue weighted by Crippen LogP contribution is 2.26. The first-order valence-corrected chi connectivity index (χ1v) is 9.61. The van der Waals surface area contributed by atoms with Crippen LogP contribution in [-0.2, 0) is 17.7 Å². The van der Waals surface area contributed by atoms with Gasteiger partial charge in [0, 0.05) is 24.1 Å². The van der Waals surface area contributed by atoms with Crippen LogP contribution in [0.1, 0.15) is 55.0 Å². The Hall–Kier alpha value is -2.83. The van der Waals surface area contributed by atoms with E-state index in [0.717, 1.165) is 22.5 Å². The van der Waals surface area contributed by atoms with Crippen molar-refractivity contribution < 1.29 is 14.3 Å². The second kappa shape index (κ2) is 7.66. The summed E-state index contributed by atoms with van der Waals surface area (Å²) >= 11 is 0. The van der Waals surface area contributed by atoms with Crippen LogP contribution in [0.5, 0.6) is 0 Å². The van der Waals surface area contributed by atoms with E-state index in [1.54, 1.807) is 16.5 Å². The molecule has 7 heteroatoms. The predicted octanol–water partition coefficient (Wildman–Crippen LogP) is 3.22. The highest BCUT2D eigenvalue weighted by molar-refractivity contribution is 5.89. The van der Waals surface area contributed by atoms with Gasteiger partial charge in [-0.3, -0.25) is 0 Å².